The number of pyridine rings is 1. The summed E-state index contributed by atoms with van der Waals surface area (Å²) < 4.78 is 0. The van der Waals surface area contributed by atoms with Gasteiger partial charge in [0.1, 0.15) is 11.5 Å². The molecule has 146 valence electrons. The maximum atomic E-state index is 10.1. The molecule has 4 N–H and O–H groups in total. The molecular formula is C23H17N5O2. The number of hydrogen-bond donors (Lipinski definition) is 4. The molecule has 7 nitrogen and oxygen atoms in total. The van der Waals surface area contributed by atoms with Gasteiger partial charge in [0, 0.05) is 11.1 Å². The van der Waals surface area contributed by atoms with Crippen LogP contribution < -0.4 is 0 Å². The molecule has 0 bridgehead atoms. The minimum atomic E-state index is 0.173. The van der Waals surface area contributed by atoms with Crippen molar-refractivity contribution in [2.45, 2.75) is 0 Å². The van der Waals surface area contributed by atoms with Crippen molar-refractivity contribution in [2.24, 2.45) is 0 Å². The topological polar surface area (TPSA) is 111 Å². The van der Waals surface area contributed by atoms with Crippen LogP contribution in [0.25, 0.3) is 45.3 Å². The second-order valence-corrected chi connectivity index (χ2v) is 6.78. The van der Waals surface area contributed by atoms with Crippen molar-refractivity contribution >= 4 is 0 Å². The molecule has 0 spiro atoms. The maximum absolute atomic E-state index is 10.1. The molecule has 0 aliphatic heterocycles. The van der Waals surface area contributed by atoms with E-state index in [1.54, 1.807) is 24.3 Å². The van der Waals surface area contributed by atoms with E-state index in [-0.39, 0.29) is 11.5 Å². The lowest BCUT2D eigenvalue weighted by atomic mass is 10.1. The van der Waals surface area contributed by atoms with Crippen molar-refractivity contribution < 1.29 is 10.2 Å². The molecule has 0 unspecified atom stereocenters. The van der Waals surface area contributed by atoms with Crippen LogP contribution in [0, 0.1) is 0 Å². The van der Waals surface area contributed by atoms with Crippen molar-refractivity contribution in [1.29, 1.82) is 0 Å². The Hall–Kier alpha value is -4.39. The van der Waals surface area contributed by atoms with Gasteiger partial charge in [-0.1, -0.05) is 30.3 Å². The minimum Gasteiger partial charge on any atom is -0.507 e. The van der Waals surface area contributed by atoms with Crippen molar-refractivity contribution in [3.8, 4) is 56.8 Å². The van der Waals surface area contributed by atoms with E-state index in [1.165, 1.54) is 0 Å². The zero-order valence-electron chi connectivity index (χ0n) is 15.7. The molecule has 7 heteroatoms. The van der Waals surface area contributed by atoms with Gasteiger partial charge in [-0.3, -0.25) is 10.2 Å². The summed E-state index contributed by atoms with van der Waals surface area (Å²) in [5.41, 5.74) is 5.46. The van der Waals surface area contributed by atoms with E-state index in [1.807, 2.05) is 54.6 Å². The van der Waals surface area contributed by atoms with E-state index in [2.05, 4.69) is 20.4 Å². The molecule has 5 rings (SSSR count). The summed E-state index contributed by atoms with van der Waals surface area (Å²) in [5, 5.41) is 34.7. The van der Waals surface area contributed by atoms with Gasteiger partial charge in [0.15, 0.2) is 0 Å². The fraction of sp³-hybridized carbons (Fsp3) is 0. The van der Waals surface area contributed by atoms with E-state index < -0.39 is 0 Å². The number of rotatable bonds is 4. The Morgan fingerprint density at radius 1 is 0.533 bits per heavy atom. The van der Waals surface area contributed by atoms with Crippen molar-refractivity contribution in [1.82, 2.24) is 25.4 Å². The SMILES string of the molecule is Oc1ccccc1-c1cc(-c2cccc(-c3cc(-c4ccccc4O)n[nH]3)n2)[nH]n1. The molecule has 0 aliphatic carbocycles. The molecule has 0 atom stereocenters. The van der Waals surface area contributed by atoms with E-state index in [0.717, 1.165) is 11.4 Å². The van der Waals surface area contributed by atoms with Gasteiger partial charge in [0.05, 0.1) is 34.2 Å². The van der Waals surface area contributed by atoms with Crippen LogP contribution in [0.4, 0.5) is 0 Å². The van der Waals surface area contributed by atoms with E-state index in [0.29, 0.717) is 33.9 Å². The Bertz CT molecular complexity index is 1240. The molecule has 0 radical (unpaired) electrons. The van der Waals surface area contributed by atoms with Crippen LogP contribution in [0.2, 0.25) is 0 Å². The summed E-state index contributed by atoms with van der Waals surface area (Å²) in [6.07, 6.45) is 0. The Morgan fingerprint density at radius 2 is 1.00 bits per heavy atom. The van der Waals surface area contributed by atoms with E-state index in [9.17, 15) is 10.2 Å². The predicted octanol–water partition coefficient (Wildman–Crippen LogP) is 4.61. The normalized spacial score (nSPS) is 10.9. The third-order valence-electron chi connectivity index (χ3n) is 4.82. The van der Waals surface area contributed by atoms with Crippen molar-refractivity contribution in [3.63, 3.8) is 0 Å². The van der Waals surface area contributed by atoms with Gasteiger partial charge < -0.3 is 10.2 Å². The number of benzene rings is 2. The first kappa shape index (κ1) is 17.7. The number of para-hydroxylation sites is 2. The highest BCUT2D eigenvalue weighted by atomic mass is 16.3. The second-order valence-electron chi connectivity index (χ2n) is 6.78. The summed E-state index contributed by atoms with van der Waals surface area (Å²) >= 11 is 0. The van der Waals surface area contributed by atoms with Gasteiger partial charge >= 0.3 is 0 Å². The average Bonchev–Trinajstić information content (AvgIpc) is 3.45. The summed E-state index contributed by atoms with van der Waals surface area (Å²) in [5.74, 6) is 0.345. The number of aromatic nitrogens is 5. The molecular weight excluding hydrogens is 378 g/mol. The molecule has 2 aromatic carbocycles. The van der Waals surface area contributed by atoms with Crippen LogP contribution in [-0.4, -0.2) is 35.6 Å². The molecule has 30 heavy (non-hydrogen) atoms. The number of phenolic OH excluding ortho intramolecular Hbond substituents is 2. The zero-order chi connectivity index (χ0) is 20.5. The minimum absolute atomic E-state index is 0.173. The molecule has 0 saturated carbocycles. The average molecular weight is 395 g/mol. The van der Waals surface area contributed by atoms with E-state index in [4.69, 9.17) is 4.98 Å². The van der Waals surface area contributed by atoms with Gasteiger partial charge in [-0.2, -0.15) is 10.2 Å². The lowest BCUT2D eigenvalue weighted by Crippen LogP contribution is -1.88. The van der Waals surface area contributed by atoms with Crippen LogP contribution >= 0.6 is 0 Å². The number of nitrogens with zero attached hydrogens (tertiary/aromatic N) is 3. The quantitative estimate of drug-likeness (QED) is 0.355. The van der Waals surface area contributed by atoms with E-state index >= 15 is 0 Å². The Kier molecular flexibility index (Phi) is 4.25. The first-order valence-corrected chi connectivity index (χ1v) is 9.34. The number of nitrogens with one attached hydrogen (secondary N) is 2. The highest BCUT2D eigenvalue weighted by molar-refractivity contribution is 5.73. The highest BCUT2D eigenvalue weighted by Gasteiger charge is 2.13. The molecule has 5 aromatic rings. The molecule has 0 saturated heterocycles. The van der Waals surface area contributed by atoms with Crippen LogP contribution in [0.3, 0.4) is 0 Å². The summed E-state index contributed by atoms with van der Waals surface area (Å²) in [6, 6.07) is 23.5. The van der Waals surface area contributed by atoms with Crippen LogP contribution in [0.15, 0.2) is 78.9 Å². The lowest BCUT2D eigenvalue weighted by molar-refractivity contribution is 0.476. The predicted molar refractivity (Wildman–Crippen MR) is 114 cm³/mol. The lowest BCUT2D eigenvalue weighted by Gasteiger charge is -2.01. The fourth-order valence-electron chi connectivity index (χ4n) is 3.30. The van der Waals surface area contributed by atoms with Gasteiger partial charge in [0.25, 0.3) is 0 Å². The van der Waals surface area contributed by atoms with Crippen LogP contribution in [-0.2, 0) is 0 Å². The fourth-order valence-corrected chi connectivity index (χ4v) is 3.30. The molecule has 3 aromatic heterocycles. The molecule has 0 amide bonds. The van der Waals surface area contributed by atoms with Crippen molar-refractivity contribution in [3.05, 3.63) is 78.9 Å². The molecule has 0 aliphatic rings. The van der Waals surface area contributed by atoms with Crippen LogP contribution in [0.5, 0.6) is 11.5 Å². The summed E-state index contributed by atoms with van der Waals surface area (Å²) in [6.45, 7) is 0. The van der Waals surface area contributed by atoms with Gasteiger partial charge in [-0.05, 0) is 48.5 Å². The zero-order valence-corrected chi connectivity index (χ0v) is 15.7. The smallest absolute Gasteiger partial charge is 0.125 e. The number of hydrogen-bond acceptors (Lipinski definition) is 5. The Morgan fingerprint density at radius 3 is 1.47 bits per heavy atom. The summed E-state index contributed by atoms with van der Waals surface area (Å²) in [4.78, 5) is 4.70. The number of phenols is 2. The Balaban J connectivity index is 1.47. The summed E-state index contributed by atoms with van der Waals surface area (Å²) in [7, 11) is 0. The molecule has 0 fully saturated rings. The number of aromatic hydroxyl groups is 2. The standard InChI is InChI=1S/C23H17N5O2/c29-22-10-3-1-6-14(22)18-12-20(27-25-18)16-8-5-9-17(24-16)21-13-19(26-28-21)15-7-2-4-11-23(15)30/h1-13,29-30H,(H,25,27)(H,26,28). The Labute approximate surface area is 171 Å². The number of H-pyrrole nitrogens is 2. The third kappa shape index (κ3) is 3.18. The second kappa shape index (κ2) is 7.21. The van der Waals surface area contributed by atoms with Crippen LogP contribution in [0.1, 0.15) is 0 Å². The maximum Gasteiger partial charge on any atom is 0.125 e. The van der Waals surface area contributed by atoms with Crippen molar-refractivity contribution in [2.75, 3.05) is 0 Å². The van der Waals surface area contributed by atoms with Gasteiger partial charge in [-0.15, -0.1) is 0 Å². The largest absolute Gasteiger partial charge is 0.507 e. The third-order valence-corrected chi connectivity index (χ3v) is 4.82. The van der Waals surface area contributed by atoms with Gasteiger partial charge in [-0.25, -0.2) is 4.98 Å². The molecule has 3 heterocycles. The van der Waals surface area contributed by atoms with Gasteiger partial charge in [0.2, 0.25) is 0 Å². The highest BCUT2D eigenvalue weighted by Crippen LogP contribution is 2.31. The first-order chi connectivity index (χ1) is 14.7. The number of aromatic amines is 2. The first-order valence-electron chi connectivity index (χ1n) is 9.34. The monoisotopic (exact) mass is 395 g/mol.